The average Bonchev–Trinajstić information content (AvgIpc) is 2.65. The number of hydrazone groups is 1. The van der Waals surface area contributed by atoms with Gasteiger partial charge in [0, 0.05) is 30.8 Å². The first-order chi connectivity index (χ1) is 12.2. The standard InChI is InChI=1S/C19H21N3O3/c23-18-4-2-1-3-17(18)13-20-21-19(24)16-7-5-15(6-8-16)14-22-9-11-25-12-10-22/h1-8,13,23H,9-12,14H2,(H,21,24)/b20-13+. The van der Waals surface area contributed by atoms with Crippen molar-refractivity contribution in [3.63, 3.8) is 0 Å². The highest BCUT2D eigenvalue weighted by Crippen LogP contribution is 2.12. The topological polar surface area (TPSA) is 74.2 Å². The largest absolute Gasteiger partial charge is 0.507 e. The van der Waals surface area contributed by atoms with Crippen LogP contribution in [0.25, 0.3) is 0 Å². The summed E-state index contributed by atoms with van der Waals surface area (Å²) in [6, 6.07) is 14.3. The highest BCUT2D eigenvalue weighted by molar-refractivity contribution is 5.95. The van der Waals surface area contributed by atoms with Crippen LogP contribution in [-0.2, 0) is 11.3 Å². The Labute approximate surface area is 146 Å². The fourth-order valence-electron chi connectivity index (χ4n) is 2.60. The van der Waals surface area contributed by atoms with Crippen LogP contribution in [0.5, 0.6) is 5.75 Å². The first-order valence-corrected chi connectivity index (χ1v) is 8.23. The summed E-state index contributed by atoms with van der Waals surface area (Å²) < 4.78 is 5.34. The second-order valence-corrected chi connectivity index (χ2v) is 5.84. The molecule has 1 fully saturated rings. The average molecular weight is 339 g/mol. The zero-order valence-corrected chi connectivity index (χ0v) is 13.9. The number of phenolic OH excluding ortho intramolecular Hbond substituents is 1. The molecule has 2 aromatic rings. The highest BCUT2D eigenvalue weighted by atomic mass is 16.5. The highest BCUT2D eigenvalue weighted by Gasteiger charge is 2.11. The number of nitrogens with one attached hydrogen (secondary N) is 1. The quantitative estimate of drug-likeness (QED) is 0.645. The number of amides is 1. The molecule has 1 amide bonds. The molecular formula is C19H21N3O3. The Bertz CT molecular complexity index is 738. The van der Waals surface area contributed by atoms with E-state index in [-0.39, 0.29) is 11.7 Å². The van der Waals surface area contributed by atoms with Gasteiger partial charge in [-0.1, -0.05) is 24.3 Å². The van der Waals surface area contributed by atoms with Gasteiger partial charge in [0.25, 0.3) is 5.91 Å². The number of hydrogen-bond donors (Lipinski definition) is 2. The number of carbonyl (C=O) groups is 1. The second-order valence-electron chi connectivity index (χ2n) is 5.84. The summed E-state index contributed by atoms with van der Waals surface area (Å²) in [6.07, 6.45) is 1.42. The van der Waals surface area contributed by atoms with E-state index < -0.39 is 0 Å². The summed E-state index contributed by atoms with van der Waals surface area (Å²) in [5, 5.41) is 13.5. The summed E-state index contributed by atoms with van der Waals surface area (Å²) >= 11 is 0. The van der Waals surface area contributed by atoms with Gasteiger partial charge in [-0.15, -0.1) is 0 Å². The molecule has 130 valence electrons. The van der Waals surface area contributed by atoms with Crippen LogP contribution < -0.4 is 5.43 Å². The molecule has 6 nitrogen and oxygen atoms in total. The van der Waals surface area contributed by atoms with Crippen molar-refractivity contribution in [3.05, 3.63) is 65.2 Å². The number of phenols is 1. The molecule has 0 unspecified atom stereocenters. The molecular weight excluding hydrogens is 318 g/mol. The number of benzene rings is 2. The number of hydrogen-bond acceptors (Lipinski definition) is 5. The predicted molar refractivity (Wildman–Crippen MR) is 95.7 cm³/mol. The number of nitrogens with zero attached hydrogens (tertiary/aromatic N) is 2. The van der Waals surface area contributed by atoms with Gasteiger partial charge in [-0.3, -0.25) is 9.69 Å². The molecule has 1 aliphatic heterocycles. The minimum Gasteiger partial charge on any atom is -0.507 e. The van der Waals surface area contributed by atoms with E-state index in [0.717, 1.165) is 38.4 Å². The Morgan fingerprint density at radius 2 is 1.88 bits per heavy atom. The molecule has 1 saturated heterocycles. The first-order valence-electron chi connectivity index (χ1n) is 8.23. The third-order valence-electron chi connectivity index (χ3n) is 4.03. The van der Waals surface area contributed by atoms with E-state index in [9.17, 15) is 9.90 Å². The van der Waals surface area contributed by atoms with Crippen molar-refractivity contribution in [2.75, 3.05) is 26.3 Å². The van der Waals surface area contributed by atoms with Gasteiger partial charge in [-0.25, -0.2) is 5.43 Å². The molecule has 1 heterocycles. The zero-order valence-electron chi connectivity index (χ0n) is 13.9. The van der Waals surface area contributed by atoms with Gasteiger partial charge in [-0.2, -0.15) is 5.10 Å². The molecule has 6 heteroatoms. The summed E-state index contributed by atoms with van der Waals surface area (Å²) in [7, 11) is 0. The van der Waals surface area contributed by atoms with Crippen LogP contribution in [0.1, 0.15) is 21.5 Å². The van der Waals surface area contributed by atoms with E-state index in [0.29, 0.717) is 11.1 Å². The van der Waals surface area contributed by atoms with Crippen LogP contribution in [0.15, 0.2) is 53.6 Å². The monoisotopic (exact) mass is 339 g/mol. The van der Waals surface area contributed by atoms with Gasteiger partial charge in [0.15, 0.2) is 0 Å². The van der Waals surface area contributed by atoms with Crippen LogP contribution in [0.4, 0.5) is 0 Å². The van der Waals surface area contributed by atoms with Gasteiger partial charge >= 0.3 is 0 Å². The number of morpholine rings is 1. The minimum absolute atomic E-state index is 0.118. The van der Waals surface area contributed by atoms with E-state index in [1.807, 2.05) is 12.1 Å². The van der Waals surface area contributed by atoms with E-state index in [4.69, 9.17) is 4.74 Å². The van der Waals surface area contributed by atoms with Crippen LogP contribution >= 0.6 is 0 Å². The third kappa shape index (κ3) is 4.89. The van der Waals surface area contributed by atoms with Gasteiger partial charge in [0.1, 0.15) is 5.75 Å². The summed E-state index contributed by atoms with van der Waals surface area (Å²) in [5.41, 5.74) is 4.72. The molecule has 3 rings (SSSR count). The normalized spacial score (nSPS) is 15.4. The van der Waals surface area contributed by atoms with Gasteiger partial charge in [0.2, 0.25) is 0 Å². The summed E-state index contributed by atoms with van der Waals surface area (Å²) in [5.74, 6) is -0.169. The molecule has 0 spiro atoms. The number of ether oxygens (including phenoxy) is 1. The lowest BCUT2D eigenvalue weighted by Gasteiger charge is -2.26. The Balaban J connectivity index is 1.54. The number of aromatic hydroxyl groups is 1. The smallest absolute Gasteiger partial charge is 0.271 e. The van der Waals surface area contributed by atoms with E-state index in [2.05, 4.69) is 15.4 Å². The lowest BCUT2D eigenvalue weighted by Crippen LogP contribution is -2.35. The molecule has 2 aromatic carbocycles. The number of para-hydroxylation sites is 1. The van der Waals surface area contributed by atoms with E-state index >= 15 is 0 Å². The minimum atomic E-state index is -0.287. The van der Waals surface area contributed by atoms with Crippen molar-refractivity contribution >= 4 is 12.1 Å². The van der Waals surface area contributed by atoms with Crippen molar-refractivity contribution in [2.24, 2.45) is 5.10 Å². The second kappa shape index (κ2) is 8.41. The van der Waals surface area contributed by atoms with Crippen molar-refractivity contribution in [1.29, 1.82) is 0 Å². The summed E-state index contributed by atoms with van der Waals surface area (Å²) in [4.78, 5) is 14.4. The van der Waals surface area contributed by atoms with Crippen LogP contribution in [0.3, 0.4) is 0 Å². The van der Waals surface area contributed by atoms with Crippen LogP contribution in [-0.4, -0.2) is 48.4 Å². The van der Waals surface area contributed by atoms with Gasteiger partial charge in [-0.05, 0) is 29.8 Å². The van der Waals surface area contributed by atoms with Gasteiger partial charge in [0.05, 0.1) is 19.4 Å². The molecule has 0 bridgehead atoms. The fraction of sp³-hybridized carbons (Fsp3) is 0.263. The van der Waals surface area contributed by atoms with Crippen molar-refractivity contribution in [1.82, 2.24) is 10.3 Å². The predicted octanol–water partition coefficient (Wildman–Crippen LogP) is 1.99. The van der Waals surface area contributed by atoms with E-state index in [1.165, 1.54) is 6.21 Å². The molecule has 2 N–H and O–H groups in total. The maximum absolute atomic E-state index is 12.1. The van der Waals surface area contributed by atoms with E-state index in [1.54, 1.807) is 36.4 Å². The molecule has 0 aliphatic carbocycles. The Kier molecular flexibility index (Phi) is 5.77. The lowest BCUT2D eigenvalue weighted by atomic mass is 10.1. The molecule has 0 atom stereocenters. The van der Waals surface area contributed by atoms with Crippen LogP contribution in [0.2, 0.25) is 0 Å². The summed E-state index contributed by atoms with van der Waals surface area (Å²) in [6.45, 7) is 4.27. The Morgan fingerprint density at radius 3 is 2.60 bits per heavy atom. The fourth-order valence-corrected chi connectivity index (χ4v) is 2.60. The molecule has 0 radical (unpaired) electrons. The lowest BCUT2D eigenvalue weighted by molar-refractivity contribution is 0.0342. The van der Waals surface area contributed by atoms with Crippen LogP contribution in [0, 0.1) is 0 Å². The first kappa shape index (κ1) is 17.1. The molecule has 25 heavy (non-hydrogen) atoms. The zero-order chi connectivity index (χ0) is 17.5. The van der Waals surface area contributed by atoms with Gasteiger partial charge < -0.3 is 9.84 Å². The Morgan fingerprint density at radius 1 is 1.16 bits per heavy atom. The Hall–Kier alpha value is -2.70. The third-order valence-corrected chi connectivity index (χ3v) is 4.03. The van der Waals surface area contributed by atoms with Crippen molar-refractivity contribution in [2.45, 2.75) is 6.54 Å². The maximum atomic E-state index is 12.1. The van der Waals surface area contributed by atoms with Crippen molar-refractivity contribution < 1.29 is 14.6 Å². The maximum Gasteiger partial charge on any atom is 0.271 e. The molecule has 0 aromatic heterocycles. The number of carbonyl (C=O) groups excluding carboxylic acids is 1. The molecule has 0 saturated carbocycles. The molecule has 1 aliphatic rings. The number of rotatable bonds is 5. The van der Waals surface area contributed by atoms with Crippen molar-refractivity contribution in [3.8, 4) is 5.75 Å². The SMILES string of the molecule is O=C(N/N=C/c1ccccc1O)c1ccc(CN2CCOCC2)cc1.